The van der Waals surface area contributed by atoms with Crippen molar-refractivity contribution in [3.63, 3.8) is 0 Å². The fraction of sp³-hybridized carbons (Fsp3) is 0.231. The molecule has 9 heteroatoms. The van der Waals surface area contributed by atoms with Gasteiger partial charge in [0.25, 0.3) is 5.69 Å². The summed E-state index contributed by atoms with van der Waals surface area (Å²) in [5.41, 5.74) is 2.48. The second-order valence-corrected chi connectivity index (χ2v) is 8.18. The molecule has 180 valence electrons. The van der Waals surface area contributed by atoms with Crippen LogP contribution in [0.25, 0.3) is 0 Å². The first-order valence-electron chi connectivity index (χ1n) is 11.1. The van der Waals surface area contributed by atoms with E-state index >= 15 is 0 Å². The number of methoxy groups -OCH3 is 1. The lowest BCUT2D eigenvalue weighted by Crippen LogP contribution is -2.32. The molecule has 1 unspecified atom stereocenters. The highest BCUT2D eigenvalue weighted by Gasteiger charge is 2.35. The number of nitro groups is 1. The van der Waals surface area contributed by atoms with Gasteiger partial charge in [-0.15, -0.1) is 0 Å². The van der Waals surface area contributed by atoms with Gasteiger partial charge in [0.2, 0.25) is 11.8 Å². The fourth-order valence-electron chi connectivity index (χ4n) is 3.81. The molecule has 0 aromatic heterocycles. The highest BCUT2D eigenvalue weighted by Crippen LogP contribution is 2.27. The van der Waals surface area contributed by atoms with E-state index in [4.69, 9.17) is 9.47 Å². The van der Waals surface area contributed by atoms with E-state index in [1.165, 1.54) is 12.1 Å². The molecule has 1 heterocycles. The Balaban J connectivity index is 1.29. The first-order valence-corrected chi connectivity index (χ1v) is 11.1. The zero-order chi connectivity index (χ0) is 24.8. The van der Waals surface area contributed by atoms with Gasteiger partial charge in [-0.2, -0.15) is 0 Å². The lowest BCUT2D eigenvalue weighted by atomic mass is 10.1. The maximum Gasteiger partial charge on any atom is 0.269 e. The van der Waals surface area contributed by atoms with Gasteiger partial charge in [0.1, 0.15) is 18.1 Å². The molecule has 1 aliphatic heterocycles. The first kappa shape index (κ1) is 23.7. The van der Waals surface area contributed by atoms with Gasteiger partial charge in [-0.3, -0.25) is 19.7 Å². The maximum atomic E-state index is 12.6. The number of rotatable bonds is 9. The van der Waals surface area contributed by atoms with E-state index in [0.717, 1.165) is 16.9 Å². The minimum Gasteiger partial charge on any atom is -0.497 e. The summed E-state index contributed by atoms with van der Waals surface area (Å²) in [5, 5.41) is 13.7. The Labute approximate surface area is 202 Å². The first-order chi connectivity index (χ1) is 16.9. The van der Waals surface area contributed by atoms with E-state index in [1.807, 2.05) is 24.3 Å². The summed E-state index contributed by atoms with van der Waals surface area (Å²) in [6.07, 6.45) is 0.160. The Morgan fingerprint density at radius 2 is 1.63 bits per heavy atom. The molecule has 9 nitrogen and oxygen atoms in total. The summed E-state index contributed by atoms with van der Waals surface area (Å²) in [6, 6.07) is 20.7. The van der Waals surface area contributed by atoms with Crippen LogP contribution in [-0.4, -0.2) is 30.4 Å². The SMILES string of the molecule is COc1ccc(CNC(=O)C2CC(=O)N(c3ccc(OCc4ccc([N+](=O)[O-])cc4)cc3)C2)cc1. The highest BCUT2D eigenvalue weighted by molar-refractivity contribution is 6.00. The molecule has 4 rings (SSSR count). The van der Waals surface area contributed by atoms with Crippen LogP contribution in [-0.2, 0) is 22.7 Å². The third-order valence-electron chi connectivity index (χ3n) is 5.82. The molecule has 0 bridgehead atoms. The van der Waals surface area contributed by atoms with Crippen LogP contribution in [0, 0.1) is 16.0 Å². The summed E-state index contributed by atoms with van der Waals surface area (Å²) in [6.45, 7) is 0.959. The Morgan fingerprint density at radius 3 is 2.26 bits per heavy atom. The van der Waals surface area contributed by atoms with Crippen molar-refractivity contribution in [2.75, 3.05) is 18.6 Å². The standard InChI is InChI=1S/C26H25N3O6/c1-34-23-10-4-18(5-11-23)15-27-26(31)20-14-25(30)28(16-20)21-8-12-24(13-9-21)35-17-19-2-6-22(7-3-19)29(32)33/h2-13,20H,14-17H2,1H3,(H,27,31). The van der Waals surface area contributed by atoms with Gasteiger partial charge in [0.15, 0.2) is 0 Å². The molecule has 0 spiro atoms. The monoisotopic (exact) mass is 475 g/mol. The normalized spacial score (nSPS) is 15.1. The van der Waals surface area contributed by atoms with Crippen LogP contribution in [0.4, 0.5) is 11.4 Å². The Hall–Kier alpha value is -4.40. The fourth-order valence-corrected chi connectivity index (χ4v) is 3.81. The smallest absolute Gasteiger partial charge is 0.269 e. The molecule has 1 atom stereocenters. The molecule has 0 radical (unpaired) electrons. The number of benzene rings is 3. The van der Waals surface area contributed by atoms with Crippen LogP contribution >= 0.6 is 0 Å². The van der Waals surface area contributed by atoms with Crippen molar-refractivity contribution >= 4 is 23.2 Å². The average Bonchev–Trinajstić information content (AvgIpc) is 3.28. The number of amides is 2. The molecule has 1 fully saturated rings. The molecule has 3 aromatic rings. The molecule has 0 saturated carbocycles. The Bertz CT molecular complexity index is 1190. The number of carbonyl (C=O) groups excluding carboxylic acids is 2. The van der Waals surface area contributed by atoms with E-state index in [2.05, 4.69) is 5.32 Å². The van der Waals surface area contributed by atoms with E-state index in [-0.39, 0.29) is 30.5 Å². The zero-order valence-corrected chi connectivity index (χ0v) is 19.2. The maximum absolute atomic E-state index is 12.6. The van der Waals surface area contributed by atoms with Crippen molar-refractivity contribution < 1.29 is 24.0 Å². The summed E-state index contributed by atoms with van der Waals surface area (Å²) in [7, 11) is 1.60. The summed E-state index contributed by atoms with van der Waals surface area (Å²) in [4.78, 5) is 37.1. The molecule has 2 amide bonds. The zero-order valence-electron chi connectivity index (χ0n) is 19.2. The van der Waals surface area contributed by atoms with Gasteiger partial charge in [-0.05, 0) is 59.7 Å². The van der Waals surface area contributed by atoms with Crippen LogP contribution in [0.2, 0.25) is 0 Å². The molecular weight excluding hydrogens is 450 g/mol. The number of carbonyl (C=O) groups is 2. The number of nitro benzene ring substituents is 1. The van der Waals surface area contributed by atoms with Crippen LogP contribution < -0.4 is 19.7 Å². The molecule has 1 N–H and O–H groups in total. The summed E-state index contributed by atoms with van der Waals surface area (Å²) < 4.78 is 10.9. The van der Waals surface area contributed by atoms with Crippen molar-refractivity contribution in [1.29, 1.82) is 0 Å². The molecule has 0 aliphatic carbocycles. The molecule has 3 aromatic carbocycles. The van der Waals surface area contributed by atoms with E-state index in [0.29, 0.717) is 24.5 Å². The molecular formula is C26H25N3O6. The minimum absolute atomic E-state index is 0.0288. The average molecular weight is 476 g/mol. The highest BCUT2D eigenvalue weighted by atomic mass is 16.6. The third-order valence-corrected chi connectivity index (χ3v) is 5.82. The number of hydrogen-bond donors (Lipinski definition) is 1. The Kier molecular flexibility index (Phi) is 7.25. The number of anilines is 1. The quantitative estimate of drug-likeness (QED) is 0.372. The van der Waals surface area contributed by atoms with Crippen LogP contribution in [0.15, 0.2) is 72.8 Å². The number of nitrogens with zero attached hydrogens (tertiary/aromatic N) is 2. The predicted octanol–water partition coefficient (Wildman–Crippen LogP) is 3.85. The van der Waals surface area contributed by atoms with Crippen molar-refractivity contribution in [2.24, 2.45) is 5.92 Å². The molecule has 35 heavy (non-hydrogen) atoms. The minimum atomic E-state index is -0.446. The second kappa shape index (κ2) is 10.7. The van der Waals surface area contributed by atoms with Crippen molar-refractivity contribution in [3.8, 4) is 11.5 Å². The Morgan fingerprint density at radius 1 is 1.00 bits per heavy atom. The van der Waals surface area contributed by atoms with Crippen LogP contribution in [0.3, 0.4) is 0 Å². The van der Waals surface area contributed by atoms with Gasteiger partial charge >= 0.3 is 0 Å². The van der Waals surface area contributed by atoms with Gasteiger partial charge in [-0.25, -0.2) is 0 Å². The van der Waals surface area contributed by atoms with Crippen LogP contribution in [0.1, 0.15) is 17.5 Å². The predicted molar refractivity (Wildman–Crippen MR) is 129 cm³/mol. The van der Waals surface area contributed by atoms with Crippen LogP contribution in [0.5, 0.6) is 11.5 Å². The van der Waals surface area contributed by atoms with Crippen molar-refractivity contribution in [3.05, 3.63) is 94.0 Å². The molecule has 1 saturated heterocycles. The summed E-state index contributed by atoms with van der Waals surface area (Å²) in [5.74, 6) is 0.681. The number of ether oxygens (including phenoxy) is 2. The van der Waals surface area contributed by atoms with E-state index < -0.39 is 10.8 Å². The lowest BCUT2D eigenvalue weighted by Gasteiger charge is -2.17. The van der Waals surface area contributed by atoms with E-state index in [1.54, 1.807) is 48.4 Å². The van der Waals surface area contributed by atoms with Gasteiger partial charge < -0.3 is 19.7 Å². The van der Waals surface area contributed by atoms with Crippen molar-refractivity contribution in [1.82, 2.24) is 5.32 Å². The number of hydrogen-bond acceptors (Lipinski definition) is 6. The number of non-ortho nitro benzene ring substituents is 1. The van der Waals surface area contributed by atoms with Gasteiger partial charge in [-0.1, -0.05) is 12.1 Å². The van der Waals surface area contributed by atoms with Crippen molar-refractivity contribution in [2.45, 2.75) is 19.6 Å². The lowest BCUT2D eigenvalue weighted by molar-refractivity contribution is -0.384. The largest absolute Gasteiger partial charge is 0.497 e. The molecule has 1 aliphatic rings. The summed E-state index contributed by atoms with van der Waals surface area (Å²) >= 11 is 0. The number of nitrogens with one attached hydrogen (secondary N) is 1. The van der Waals surface area contributed by atoms with Gasteiger partial charge in [0, 0.05) is 37.3 Å². The van der Waals surface area contributed by atoms with E-state index in [9.17, 15) is 19.7 Å². The second-order valence-electron chi connectivity index (χ2n) is 8.18. The topological polar surface area (TPSA) is 111 Å². The van der Waals surface area contributed by atoms with Gasteiger partial charge in [0.05, 0.1) is 18.0 Å². The third kappa shape index (κ3) is 5.94.